The van der Waals surface area contributed by atoms with Crippen LogP contribution in [0, 0.1) is 0 Å². The molecule has 1 heterocycles. The van der Waals surface area contributed by atoms with Gasteiger partial charge in [0.15, 0.2) is 5.11 Å². The molecule has 5 heteroatoms. The summed E-state index contributed by atoms with van der Waals surface area (Å²) >= 11 is 5.55. The Balaban J connectivity index is 1.55. The number of benzene rings is 2. The Bertz CT molecular complexity index is 856. The highest BCUT2D eigenvalue weighted by Crippen LogP contribution is 2.14. The SMILES string of the molecule is CCCCc1ccc(NC(=S)N(C)Cc2cnn(-c3ccccc3)c2)cc1. The Hall–Kier alpha value is -2.66. The Morgan fingerprint density at radius 2 is 1.81 bits per heavy atom. The van der Waals surface area contributed by atoms with Crippen LogP contribution in [0.15, 0.2) is 67.0 Å². The maximum absolute atomic E-state index is 5.55. The minimum Gasteiger partial charge on any atom is -0.348 e. The van der Waals surface area contributed by atoms with E-state index in [1.54, 1.807) is 0 Å². The second-order valence-electron chi connectivity index (χ2n) is 6.72. The molecule has 0 aliphatic carbocycles. The first-order valence-electron chi connectivity index (χ1n) is 9.35. The molecule has 4 nitrogen and oxygen atoms in total. The second-order valence-corrected chi connectivity index (χ2v) is 7.10. The summed E-state index contributed by atoms with van der Waals surface area (Å²) < 4.78 is 1.88. The van der Waals surface area contributed by atoms with Gasteiger partial charge >= 0.3 is 0 Å². The molecule has 0 saturated heterocycles. The molecular formula is C22H26N4S. The van der Waals surface area contributed by atoms with Crippen LogP contribution in [-0.4, -0.2) is 26.8 Å². The number of rotatable bonds is 7. The van der Waals surface area contributed by atoms with Crippen molar-refractivity contribution in [2.45, 2.75) is 32.7 Å². The molecule has 27 heavy (non-hydrogen) atoms. The summed E-state index contributed by atoms with van der Waals surface area (Å²) in [5, 5.41) is 8.46. The number of aryl methyl sites for hydroxylation is 1. The average molecular weight is 379 g/mol. The normalized spacial score (nSPS) is 10.6. The Morgan fingerprint density at radius 1 is 1.07 bits per heavy atom. The van der Waals surface area contributed by atoms with Crippen molar-refractivity contribution in [3.63, 3.8) is 0 Å². The van der Waals surface area contributed by atoms with E-state index in [0.717, 1.165) is 23.4 Å². The minimum absolute atomic E-state index is 0.698. The van der Waals surface area contributed by atoms with Gasteiger partial charge in [-0.2, -0.15) is 5.10 Å². The zero-order valence-corrected chi connectivity index (χ0v) is 16.7. The molecule has 0 fully saturated rings. The highest BCUT2D eigenvalue weighted by molar-refractivity contribution is 7.80. The maximum atomic E-state index is 5.55. The predicted molar refractivity (Wildman–Crippen MR) is 116 cm³/mol. The summed E-state index contributed by atoms with van der Waals surface area (Å²) in [6, 6.07) is 18.6. The first-order valence-corrected chi connectivity index (χ1v) is 9.76. The van der Waals surface area contributed by atoms with E-state index < -0.39 is 0 Å². The largest absolute Gasteiger partial charge is 0.348 e. The van der Waals surface area contributed by atoms with Gasteiger partial charge in [0.1, 0.15) is 0 Å². The molecule has 0 atom stereocenters. The highest BCUT2D eigenvalue weighted by atomic mass is 32.1. The van der Waals surface area contributed by atoms with Crippen molar-refractivity contribution in [3.8, 4) is 5.69 Å². The lowest BCUT2D eigenvalue weighted by molar-refractivity contribution is 0.508. The summed E-state index contributed by atoms with van der Waals surface area (Å²) in [5.74, 6) is 0. The van der Waals surface area contributed by atoms with Crippen molar-refractivity contribution in [2.75, 3.05) is 12.4 Å². The molecule has 1 aromatic heterocycles. The molecule has 140 valence electrons. The van der Waals surface area contributed by atoms with Gasteiger partial charge in [0.05, 0.1) is 11.9 Å². The molecule has 0 saturated carbocycles. The first kappa shape index (κ1) is 19.1. The lowest BCUT2D eigenvalue weighted by Crippen LogP contribution is -2.30. The van der Waals surface area contributed by atoms with Gasteiger partial charge in [-0.15, -0.1) is 0 Å². The zero-order chi connectivity index (χ0) is 19.1. The van der Waals surface area contributed by atoms with E-state index >= 15 is 0 Å². The number of nitrogens with zero attached hydrogens (tertiary/aromatic N) is 3. The zero-order valence-electron chi connectivity index (χ0n) is 15.9. The minimum atomic E-state index is 0.698. The van der Waals surface area contributed by atoms with Crippen LogP contribution in [0.1, 0.15) is 30.9 Å². The molecule has 3 rings (SSSR count). The Labute approximate surface area is 166 Å². The Kier molecular flexibility index (Phi) is 6.60. The van der Waals surface area contributed by atoms with Crippen LogP contribution in [0.4, 0.5) is 5.69 Å². The molecule has 3 aromatic rings. The fourth-order valence-corrected chi connectivity index (χ4v) is 3.05. The van der Waals surface area contributed by atoms with E-state index in [1.165, 1.54) is 18.4 Å². The van der Waals surface area contributed by atoms with Gasteiger partial charge in [0.2, 0.25) is 0 Å². The quantitative estimate of drug-likeness (QED) is 0.584. The molecular weight excluding hydrogens is 352 g/mol. The predicted octanol–water partition coefficient (Wildman–Crippen LogP) is 5.04. The fraction of sp³-hybridized carbons (Fsp3) is 0.273. The average Bonchev–Trinajstić information content (AvgIpc) is 3.16. The van der Waals surface area contributed by atoms with Crippen LogP contribution in [0.5, 0.6) is 0 Å². The van der Waals surface area contributed by atoms with E-state index in [1.807, 2.05) is 59.4 Å². The van der Waals surface area contributed by atoms with Crippen molar-refractivity contribution >= 4 is 23.0 Å². The van der Waals surface area contributed by atoms with Gasteiger partial charge in [0.25, 0.3) is 0 Å². The number of para-hydroxylation sites is 1. The third-order valence-corrected chi connectivity index (χ3v) is 4.86. The topological polar surface area (TPSA) is 33.1 Å². The lowest BCUT2D eigenvalue weighted by atomic mass is 10.1. The molecule has 2 aromatic carbocycles. The summed E-state index contributed by atoms with van der Waals surface area (Å²) in [7, 11) is 1.99. The standard InChI is InChI=1S/C22H26N4S/c1-3-4-8-18-11-13-20(14-12-18)24-22(27)25(2)16-19-15-23-26(17-19)21-9-6-5-7-10-21/h5-7,9-15,17H,3-4,8,16H2,1-2H3,(H,24,27). The molecule has 1 N–H and O–H groups in total. The van der Waals surface area contributed by atoms with Crippen molar-refractivity contribution in [3.05, 3.63) is 78.1 Å². The number of unbranched alkanes of at least 4 members (excludes halogenated alkanes) is 1. The highest BCUT2D eigenvalue weighted by Gasteiger charge is 2.08. The van der Waals surface area contributed by atoms with Gasteiger partial charge < -0.3 is 10.2 Å². The van der Waals surface area contributed by atoms with Crippen molar-refractivity contribution in [2.24, 2.45) is 0 Å². The molecule has 0 aliphatic rings. The summed E-state index contributed by atoms with van der Waals surface area (Å²) in [6.07, 6.45) is 7.50. The molecule has 0 amide bonds. The summed E-state index contributed by atoms with van der Waals surface area (Å²) in [5.41, 5.74) is 4.55. The van der Waals surface area contributed by atoms with E-state index in [9.17, 15) is 0 Å². The van der Waals surface area contributed by atoms with Crippen molar-refractivity contribution in [1.82, 2.24) is 14.7 Å². The van der Waals surface area contributed by atoms with Gasteiger partial charge in [-0.25, -0.2) is 4.68 Å². The molecule has 0 aliphatic heterocycles. The van der Waals surface area contributed by atoms with Gasteiger partial charge in [-0.1, -0.05) is 43.7 Å². The van der Waals surface area contributed by atoms with Crippen LogP contribution < -0.4 is 5.32 Å². The molecule has 0 unspecified atom stereocenters. The van der Waals surface area contributed by atoms with Crippen LogP contribution in [0.2, 0.25) is 0 Å². The second kappa shape index (κ2) is 9.33. The molecule has 0 radical (unpaired) electrons. The lowest BCUT2D eigenvalue weighted by Gasteiger charge is -2.20. The number of nitrogens with one attached hydrogen (secondary N) is 1. The van der Waals surface area contributed by atoms with E-state index in [-0.39, 0.29) is 0 Å². The third-order valence-electron chi connectivity index (χ3n) is 4.45. The van der Waals surface area contributed by atoms with Crippen molar-refractivity contribution < 1.29 is 0 Å². The first-order chi connectivity index (χ1) is 13.2. The van der Waals surface area contributed by atoms with Crippen molar-refractivity contribution in [1.29, 1.82) is 0 Å². The number of anilines is 1. The smallest absolute Gasteiger partial charge is 0.173 e. The summed E-state index contributed by atoms with van der Waals surface area (Å²) in [6.45, 7) is 2.92. The van der Waals surface area contributed by atoms with Crippen LogP contribution in [0.25, 0.3) is 5.69 Å². The summed E-state index contributed by atoms with van der Waals surface area (Å²) in [4.78, 5) is 2.02. The maximum Gasteiger partial charge on any atom is 0.173 e. The number of thiocarbonyl (C=S) groups is 1. The monoisotopic (exact) mass is 378 g/mol. The molecule has 0 bridgehead atoms. The van der Waals surface area contributed by atoms with Gasteiger partial charge in [0, 0.05) is 31.0 Å². The van der Waals surface area contributed by atoms with E-state index in [4.69, 9.17) is 12.2 Å². The number of aromatic nitrogens is 2. The van der Waals surface area contributed by atoms with Gasteiger partial charge in [-0.3, -0.25) is 0 Å². The number of hydrogen-bond acceptors (Lipinski definition) is 2. The van der Waals surface area contributed by atoms with Crippen LogP contribution >= 0.6 is 12.2 Å². The van der Waals surface area contributed by atoms with E-state index in [0.29, 0.717) is 11.7 Å². The fourth-order valence-electron chi connectivity index (χ4n) is 2.86. The van der Waals surface area contributed by atoms with Crippen LogP contribution in [0.3, 0.4) is 0 Å². The van der Waals surface area contributed by atoms with Crippen LogP contribution in [-0.2, 0) is 13.0 Å². The van der Waals surface area contributed by atoms with Gasteiger partial charge in [-0.05, 0) is 54.9 Å². The third kappa shape index (κ3) is 5.41. The van der Waals surface area contributed by atoms with E-state index in [2.05, 4.69) is 41.6 Å². The number of hydrogen-bond donors (Lipinski definition) is 1. The Morgan fingerprint density at radius 3 is 2.52 bits per heavy atom. The molecule has 0 spiro atoms.